The van der Waals surface area contributed by atoms with Gasteiger partial charge in [0.2, 0.25) is 0 Å². The molecule has 1 saturated carbocycles. The molecule has 2 aliphatic rings. The predicted molar refractivity (Wildman–Crippen MR) is 115 cm³/mol. The van der Waals surface area contributed by atoms with Crippen molar-refractivity contribution >= 4 is 5.96 Å². The average molecular weight is 415 g/mol. The molecule has 4 rings (SSSR count). The third-order valence-electron chi connectivity index (χ3n) is 6.16. The molecule has 0 bridgehead atoms. The number of aliphatic imine (C=N–C) groups is 1. The van der Waals surface area contributed by atoms with Crippen LogP contribution in [0, 0.1) is 12.7 Å². The molecule has 2 aromatic rings. The van der Waals surface area contributed by atoms with Gasteiger partial charge in [0, 0.05) is 38.6 Å². The SMILES string of the molecule is CN=C(NCC(c1ccc(C)o1)N1CCOCC1)NCC1(c2ccccc2F)CC1. The lowest BCUT2D eigenvalue weighted by molar-refractivity contribution is 0.0124. The zero-order chi connectivity index (χ0) is 21.0. The number of furan rings is 1. The molecule has 2 heterocycles. The number of morpholine rings is 1. The molecule has 6 nitrogen and oxygen atoms in total. The molecule has 1 aromatic heterocycles. The van der Waals surface area contributed by atoms with Crippen molar-refractivity contribution in [3.8, 4) is 0 Å². The van der Waals surface area contributed by atoms with Gasteiger partial charge in [-0.05, 0) is 43.5 Å². The number of ether oxygens (including phenoxy) is 1. The number of nitrogens with one attached hydrogen (secondary N) is 2. The number of aryl methyl sites for hydroxylation is 1. The first-order chi connectivity index (χ1) is 14.6. The second-order valence-corrected chi connectivity index (χ2v) is 8.18. The Bertz CT molecular complexity index is 872. The molecule has 2 N–H and O–H groups in total. The molecule has 2 fully saturated rings. The number of halogens is 1. The van der Waals surface area contributed by atoms with Gasteiger partial charge >= 0.3 is 0 Å². The van der Waals surface area contributed by atoms with Crippen molar-refractivity contribution < 1.29 is 13.5 Å². The lowest BCUT2D eigenvalue weighted by Gasteiger charge is -2.33. The van der Waals surface area contributed by atoms with Gasteiger partial charge in [-0.3, -0.25) is 9.89 Å². The number of hydrogen-bond donors (Lipinski definition) is 2. The fraction of sp³-hybridized carbons (Fsp3) is 0.522. The van der Waals surface area contributed by atoms with E-state index in [2.05, 4.69) is 20.5 Å². The van der Waals surface area contributed by atoms with E-state index in [1.807, 2.05) is 31.2 Å². The summed E-state index contributed by atoms with van der Waals surface area (Å²) in [5.41, 5.74) is 0.662. The smallest absolute Gasteiger partial charge is 0.191 e. The highest BCUT2D eigenvalue weighted by Gasteiger charge is 2.45. The highest BCUT2D eigenvalue weighted by molar-refractivity contribution is 5.79. The Labute approximate surface area is 177 Å². The first-order valence-corrected chi connectivity index (χ1v) is 10.7. The van der Waals surface area contributed by atoms with E-state index in [9.17, 15) is 4.39 Å². The normalized spacial score (nSPS) is 20.0. The van der Waals surface area contributed by atoms with Crippen LogP contribution in [0.15, 0.2) is 45.8 Å². The molecule has 1 aliphatic heterocycles. The average Bonchev–Trinajstić information content (AvgIpc) is 3.44. The molecule has 1 saturated heterocycles. The summed E-state index contributed by atoms with van der Waals surface area (Å²) < 4.78 is 25.7. The highest BCUT2D eigenvalue weighted by atomic mass is 19.1. The Morgan fingerprint density at radius 1 is 1.17 bits per heavy atom. The maximum atomic E-state index is 14.3. The van der Waals surface area contributed by atoms with E-state index in [1.54, 1.807) is 19.2 Å². The van der Waals surface area contributed by atoms with Crippen molar-refractivity contribution in [2.45, 2.75) is 31.2 Å². The molecule has 1 aliphatic carbocycles. The molecular weight excluding hydrogens is 383 g/mol. The summed E-state index contributed by atoms with van der Waals surface area (Å²) in [4.78, 5) is 6.76. The Hall–Kier alpha value is -2.38. The van der Waals surface area contributed by atoms with Gasteiger partial charge in [-0.25, -0.2) is 4.39 Å². The Balaban J connectivity index is 1.38. The van der Waals surface area contributed by atoms with E-state index in [4.69, 9.17) is 9.15 Å². The summed E-state index contributed by atoms with van der Waals surface area (Å²) in [5, 5.41) is 6.85. The van der Waals surface area contributed by atoms with Crippen molar-refractivity contribution in [3.63, 3.8) is 0 Å². The second-order valence-electron chi connectivity index (χ2n) is 8.18. The topological polar surface area (TPSA) is 62.0 Å². The van der Waals surface area contributed by atoms with Crippen LogP contribution in [0.5, 0.6) is 0 Å². The number of benzene rings is 1. The maximum absolute atomic E-state index is 14.3. The summed E-state index contributed by atoms with van der Waals surface area (Å²) in [6.07, 6.45) is 1.97. The van der Waals surface area contributed by atoms with Gasteiger partial charge in [0.05, 0.1) is 19.3 Å². The Morgan fingerprint density at radius 2 is 1.93 bits per heavy atom. The molecule has 1 atom stereocenters. The summed E-state index contributed by atoms with van der Waals surface area (Å²) in [6.45, 7) is 6.49. The molecule has 1 unspecified atom stereocenters. The maximum Gasteiger partial charge on any atom is 0.191 e. The molecule has 7 heteroatoms. The van der Waals surface area contributed by atoms with Gasteiger partial charge in [0.25, 0.3) is 0 Å². The van der Waals surface area contributed by atoms with Gasteiger partial charge in [-0.15, -0.1) is 0 Å². The predicted octanol–water partition coefficient (Wildman–Crippen LogP) is 3.00. The zero-order valence-corrected chi connectivity index (χ0v) is 17.8. The number of nitrogens with zero attached hydrogens (tertiary/aromatic N) is 2. The van der Waals surface area contributed by atoms with Crippen molar-refractivity contribution in [3.05, 3.63) is 59.3 Å². The largest absolute Gasteiger partial charge is 0.465 e. The summed E-state index contributed by atoms with van der Waals surface area (Å²) >= 11 is 0. The third kappa shape index (κ3) is 4.68. The van der Waals surface area contributed by atoms with Crippen LogP contribution in [0.1, 0.15) is 36.0 Å². The van der Waals surface area contributed by atoms with E-state index in [0.29, 0.717) is 13.1 Å². The van der Waals surface area contributed by atoms with Gasteiger partial charge in [-0.1, -0.05) is 18.2 Å². The van der Waals surface area contributed by atoms with Crippen LogP contribution in [0.2, 0.25) is 0 Å². The van der Waals surface area contributed by atoms with E-state index in [-0.39, 0.29) is 17.3 Å². The molecule has 162 valence electrons. The summed E-state index contributed by atoms with van der Waals surface area (Å²) in [5.74, 6) is 2.45. The van der Waals surface area contributed by atoms with E-state index >= 15 is 0 Å². The summed E-state index contributed by atoms with van der Waals surface area (Å²) in [6, 6.07) is 11.2. The Kier molecular flexibility index (Phi) is 6.39. The number of guanidine groups is 1. The standard InChI is InChI=1S/C23H31FN4O2/c1-17-7-8-21(30-17)20(28-11-13-29-14-12-28)15-26-22(25-2)27-16-23(9-10-23)18-5-3-4-6-19(18)24/h3-8,20H,9-16H2,1-2H3,(H2,25,26,27). The molecule has 0 radical (unpaired) electrons. The van der Waals surface area contributed by atoms with Crippen molar-refractivity contribution in [2.75, 3.05) is 46.4 Å². The molecule has 0 spiro atoms. The van der Waals surface area contributed by atoms with Crippen LogP contribution >= 0.6 is 0 Å². The van der Waals surface area contributed by atoms with Crippen LogP contribution in [-0.4, -0.2) is 57.3 Å². The first kappa shape index (κ1) is 20.9. The van der Waals surface area contributed by atoms with E-state index < -0.39 is 0 Å². The van der Waals surface area contributed by atoms with Gasteiger partial charge in [0.1, 0.15) is 17.3 Å². The minimum atomic E-state index is -0.134. The van der Waals surface area contributed by atoms with Gasteiger partial charge in [0.15, 0.2) is 5.96 Å². The van der Waals surface area contributed by atoms with Crippen molar-refractivity contribution in [2.24, 2.45) is 4.99 Å². The highest BCUT2D eigenvalue weighted by Crippen LogP contribution is 2.48. The van der Waals surface area contributed by atoms with E-state index in [0.717, 1.165) is 62.2 Å². The fourth-order valence-corrected chi connectivity index (χ4v) is 4.18. The lowest BCUT2D eigenvalue weighted by atomic mass is 9.95. The van der Waals surface area contributed by atoms with Crippen molar-refractivity contribution in [1.82, 2.24) is 15.5 Å². The van der Waals surface area contributed by atoms with Crippen LogP contribution in [0.4, 0.5) is 4.39 Å². The summed E-state index contributed by atoms with van der Waals surface area (Å²) in [7, 11) is 1.76. The third-order valence-corrected chi connectivity index (χ3v) is 6.16. The van der Waals surface area contributed by atoms with Crippen LogP contribution in [0.3, 0.4) is 0 Å². The molecule has 1 aromatic carbocycles. The minimum Gasteiger partial charge on any atom is -0.465 e. The second kappa shape index (κ2) is 9.18. The van der Waals surface area contributed by atoms with Crippen LogP contribution in [0.25, 0.3) is 0 Å². The molecular formula is C23H31FN4O2. The van der Waals surface area contributed by atoms with Crippen LogP contribution < -0.4 is 10.6 Å². The number of hydrogen-bond acceptors (Lipinski definition) is 4. The van der Waals surface area contributed by atoms with E-state index in [1.165, 1.54) is 0 Å². The molecule has 30 heavy (non-hydrogen) atoms. The van der Waals surface area contributed by atoms with Crippen molar-refractivity contribution in [1.29, 1.82) is 0 Å². The Morgan fingerprint density at radius 3 is 2.57 bits per heavy atom. The lowest BCUT2D eigenvalue weighted by Crippen LogP contribution is -2.47. The van der Waals surface area contributed by atoms with Gasteiger partial charge in [-0.2, -0.15) is 0 Å². The zero-order valence-electron chi connectivity index (χ0n) is 17.8. The first-order valence-electron chi connectivity index (χ1n) is 10.7. The number of rotatable bonds is 7. The molecule has 0 amide bonds. The quantitative estimate of drug-likeness (QED) is 0.539. The van der Waals surface area contributed by atoms with Crippen LogP contribution in [-0.2, 0) is 10.2 Å². The monoisotopic (exact) mass is 414 g/mol. The fourth-order valence-electron chi connectivity index (χ4n) is 4.18. The minimum absolute atomic E-state index is 0.0996. The van der Waals surface area contributed by atoms with Gasteiger partial charge < -0.3 is 19.8 Å².